The zero-order valence-electron chi connectivity index (χ0n) is 16.0. The molecule has 2 aromatic heterocycles. The van der Waals surface area contributed by atoms with Gasteiger partial charge < -0.3 is 28.7 Å². The van der Waals surface area contributed by atoms with Crippen LogP contribution in [-0.4, -0.2) is 23.8 Å². The van der Waals surface area contributed by atoms with E-state index in [2.05, 4.69) is 34.7 Å². The SMILES string of the molecule is CCOC(=O)c1c(SC)c2ccc(-c3ccncc3)cc2[n+](CC)c1C.[I-]. The molecule has 0 atom stereocenters. The van der Waals surface area contributed by atoms with Crippen LogP contribution in [0.4, 0.5) is 0 Å². The van der Waals surface area contributed by atoms with Gasteiger partial charge in [-0.05, 0) is 49.4 Å². The molecule has 0 unspecified atom stereocenters. The third kappa shape index (κ3) is 4.11. The van der Waals surface area contributed by atoms with Crippen LogP contribution in [0.15, 0.2) is 47.6 Å². The largest absolute Gasteiger partial charge is 1.00 e. The normalized spacial score (nSPS) is 10.5. The highest BCUT2D eigenvalue weighted by molar-refractivity contribution is 7.99. The van der Waals surface area contributed by atoms with Gasteiger partial charge in [-0.1, -0.05) is 6.07 Å². The van der Waals surface area contributed by atoms with Gasteiger partial charge in [-0.25, -0.2) is 4.79 Å². The van der Waals surface area contributed by atoms with Crippen LogP contribution in [0, 0.1) is 6.92 Å². The lowest BCUT2D eigenvalue weighted by Gasteiger charge is -2.14. The fourth-order valence-corrected chi connectivity index (χ4v) is 4.18. The van der Waals surface area contributed by atoms with Gasteiger partial charge in [0.1, 0.15) is 12.1 Å². The maximum atomic E-state index is 12.6. The van der Waals surface area contributed by atoms with Crippen LogP contribution in [0.3, 0.4) is 0 Å². The molecule has 1 aromatic carbocycles. The van der Waals surface area contributed by atoms with Crippen molar-refractivity contribution in [3.63, 3.8) is 0 Å². The first kappa shape index (κ1) is 21.6. The monoisotopic (exact) mass is 494 g/mol. The van der Waals surface area contributed by atoms with Crippen LogP contribution in [0.5, 0.6) is 0 Å². The molecule has 3 rings (SSSR count). The highest BCUT2D eigenvalue weighted by Crippen LogP contribution is 2.33. The molecular formula is C21H23IN2O2S. The molecule has 0 fully saturated rings. The van der Waals surface area contributed by atoms with Crippen molar-refractivity contribution in [3.05, 3.63) is 54.0 Å². The standard InChI is InChI=1S/C21H23N2O2S.HI/c1-5-23-14(3)19(21(24)25-6-2)20(26-4)17-8-7-16(13-18(17)23)15-9-11-22-12-10-15;/h7-13H,5-6H2,1-4H3;1H/q+1;/p-1. The number of hydrogen-bond donors (Lipinski definition) is 0. The van der Waals surface area contributed by atoms with E-state index in [1.807, 2.05) is 32.2 Å². The Kier molecular flexibility index (Phi) is 7.61. The number of pyridine rings is 2. The predicted octanol–water partition coefficient (Wildman–Crippen LogP) is 1.42. The van der Waals surface area contributed by atoms with E-state index in [1.165, 1.54) is 0 Å². The topological polar surface area (TPSA) is 43.1 Å². The lowest BCUT2D eigenvalue weighted by Crippen LogP contribution is -3.00. The number of esters is 1. The van der Waals surface area contributed by atoms with Crippen LogP contribution in [-0.2, 0) is 11.3 Å². The van der Waals surface area contributed by atoms with Gasteiger partial charge >= 0.3 is 5.97 Å². The number of ether oxygens (including phenoxy) is 1. The first-order valence-electron chi connectivity index (χ1n) is 8.74. The van der Waals surface area contributed by atoms with Crippen molar-refractivity contribution >= 4 is 28.6 Å². The molecule has 0 saturated heterocycles. The summed E-state index contributed by atoms with van der Waals surface area (Å²) in [6, 6.07) is 10.4. The first-order valence-corrected chi connectivity index (χ1v) is 9.96. The van der Waals surface area contributed by atoms with Gasteiger partial charge in [0.05, 0.1) is 12.0 Å². The predicted molar refractivity (Wildman–Crippen MR) is 106 cm³/mol. The van der Waals surface area contributed by atoms with E-state index in [-0.39, 0.29) is 29.9 Å². The molecular weight excluding hydrogens is 471 g/mol. The average Bonchev–Trinajstić information content (AvgIpc) is 2.67. The van der Waals surface area contributed by atoms with Crippen molar-refractivity contribution in [3.8, 4) is 11.1 Å². The third-order valence-corrected chi connectivity index (χ3v) is 5.37. The van der Waals surface area contributed by atoms with Crippen LogP contribution in [0.25, 0.3) is 22.0 Å². The van der Waals surface area contributed by atoms with Crippen LogP contribution < -0.4 is 28.5 Å². The highest BCUT2D eigenvalue weighted by Gasteiger charge is 2.27. The summed E-state index contributed by atoms with van der Waals surface area (Å²) < 4.78 is 7.51. The minimum atomic E-state index is -0.253. The van der Waals surface area contributed by atoms with Gasteiger partial charge in [-0.15, -0.1) is 11.8 Å². The number of hydrogen-bond acceptors (Lipinski definition) is 4. The van der Waals surface area contributed by atoms with Gasteiger partial charge in [-0.3, -0.25) is 4.98 Å². The van der Waals surface area contributed by atoms with Gasteiger partial charge in [0.15, 0.2) is 5.69 Å². The van der Waals surface area contributed by atoms with E-state index in [9.17, 15) is 4.79 Å². The lowest BCUT2D eigenvalue weighted by molar-refractivity contribution is -0.674. The van der Waals surface area contributed by atoms with E-state index in [4.69, 9.17) is 4.74 Å². The Morgan fingerprint density at radius 2 is 1.85 bits per heavy atom. The Balaban J connectivity index is 0.00000261. The Morgan fingerprint density at radius 1 is 1.15 bits per heavy atom. The van der Waals surface area contributed by atoms with Crippen molar-refractivity contribution in [2.75, 3.05) is 12.9 Å². The van der Waals surface area contributed by atoms with E-state index in [0.29, 0.717) is 12.2 Å². The molecule has 142 valence electrons. The minimum absolute atomic E-state index is 0. The van der Waals surface area contributed by atoms with Gasteiger partial charge in [-0.2, -0.15) is 4.57 Å². The Hall–Kier alpha value is -1.67. The zero-order chi connectivity index (χ0) is 18.7. The molecule has 2 heterocycles. The molecule has 0 bridgehead atoms. The van der Waals surface area contributed by atoms with E-state index in [0.717, 1.165) is 39.2 Å². The molecule has 4 nitrogen and oxygen atoms in total. The molecule has 0 spiro atoms. The minimum Gasteiger partial charge on any atom is -1.00 e. The number of thioether (sulfide) groups is 1. The molecule has 27 heavy (non-hydrogen) atoms. The number of nitrogens with zero attached hydrogens (tertiary/aromatic N) is 2. The summed E-state index contributed by atoms with van der Waals surface area (Å²) in [7, 11) is 0. The number of carbonyl (C=O) groups is 1. The van der Waals surface area contributed by atoms with E-state index < -0.39 is 0 Å². The second kappa shape index (κ2) is 9.50. The number of fused-ring (bicyclic) bond motifs is 1. The molecule has 0 aliphatic heterocycles. The molecule has 0 saturated carbocycles. The van der Waals surface area contributed by atoms with Gasteiger partial charge in [0, 0.05) is 30.3 Å². The quantitative estimate of drug-likeness (QED) is 0.233. The number of benzene rings is 1. The third-order valence-electron chi connectivity index (χ3n) is 4.54. The summed E-state index contributed by atoms with van der Waals surface area (Å²) in [4.78, 5) is 17.7. The van der Waals surface area contributed by atoms with E-state index >= 15 is 0 Å². The molecule has 0 aliphatic carbocycles. The summed E-state index contributed by atoms with van der Waals surface area (Å²) in [5.74, 6) is -0.253. The fraction of sp³-hybridized carbons (Fsp3) is 0.286. The number of aromatic nitrogens is 2. The summed E-state index contributed by atoms with van der Waals surface area (Å²) >= 11 is 1.59. The average molecular weight is 494 g/mol. The molecule has 0 N–H and O–H groups in total. The highest BCUT2D eigenvalue weighted by atomic mass is 127. The maximum Gasteiger partial charge on any atom is 0.345 e. The molecule has 0 aliphatic rings. The van der Waals surface area contributed by atoms with Crippen LogP contribution in [0.1, 0.15) is 29.9 Å². The van der Waals surface area contributed by atoms with Crippen molar-refractivity contribution in [1.82, 2.24) is 4.98 Å². The molecule has 6 heteroatoms. The first-order chi connectivity index (χ1) is 12.6. The number of aryl methyl sites for hydroxylation is 1. The Bertz CT molecular complexity index is 962. The molecule has 3 aromatic rings. The fourth-order valence-electron chi connectivity index (χ4n) is 3.35. The summed E-state index contributed by atoms with van der Waals surface area (Å²) in [6.45, 7) is 7.08. The number of halogens is 1. The zero-order valence-corrected chi connectivity index (χ0v) is 18.9. The van der Waals surface area contributed by atoms with Crippen molar-refractivity contribution < 1.29 is 38.1 Å². The Labute approximate surface area is 181 Å². The molecule has 0 radical (unpaired) electrons. The van der Waals surface area contributed by atoms with Crippen LogP contribution >= 0.6 is 11.8 Å². The van der Waals surface area contributed by atoms with Crippen molar-refractivity contribution in [2.45, 2.75) is 32.2 Å². The maximum absolute atomic E-state index is 12.6. The summed E-state index contributed by atoms with van der Waals surface area (Å²) in [5, 5.41) is 1.07. The summed E-state index contributed by atoms with van der Waals surface area (Å²) in [5.41, 5.74) is 5.00. The number of carbonyl (C=O) groups excluding carboxylic acids is 1. The van der Waals surface area contributed by atoms with Gasteiger partial charge in [0.2, 0.25) is 5.52 Å². The second-order valence-corrected chi connectivity index (χ2v) is 6.74. The van der Waals surface area contributed by atoms with Crippen molar-refractivity contribution in [1.29, 1.82) is 0 Å². The molecule has 0 amide bonds. The summed E-state index contributed by atoms with van der Waals surface area (Å²) in [6.07, 6.45) is 5.61. The Morgan fingerprint density at radius 3 is 2.44 bits per heavy atom. The smallest absolute Gasteiger partial charge is 0.345 e. The number of rotatable bonds is 5. The van der Waals surface area contributed by atoms with Gasteiger partial charge in [0.25, 0.3) is 0 Å². The van der Waals surface area contributed by atoms with Crippen LogP contribution in [0.2, 0.25) is 0 Å². The van der Waals surface area contributed by atoms with Crippen molar-refractivity contribution in [2.24, 2.45) is 0 Å². The lowest BCUT2D eigenvalue weighted by atomic mass is 10.0. The second-order valence-electron chi connectivity index (χ2n) is 5.93. The van der Waals surface area contributed by atoms with E-state index in [1.54, 1.807) is 24.2 Å².